The van der Waals surface area contributed by atoms with Crippen LogP contribution >= 0.6 is 0 Å². The van der Waals surface area contributed by atoms with Gasteiger partial charge in [-0.3, -0.25) is 4.98 Å². The van der Waals surface area contributed by atoms with Crippen molar-refractivity contribution in [3.05, 3.63) is 30.1 Å². The summed E-state index contributed by atoms with van der Waals surface area (Å²) in [6.07, 6.45) is 2.34. The Morgan fingerprint density at radius 1 is 1.45 bits per heavy atom. The molecular weight excluding hydrogens is 138 g/mol. The normalized spacial score (nSPS) is 11.5. The smallest absolute Gasteiger partial charge is 0.0647 e. The van der Waals surface area contributed by atoms with Gasteiger partial charge in [-0.15, -0.1) is 0 Å². The first-order valence-corrected chi connectivity index (χ1v) is 3.70. The summed E-state index contributed by atoms with van der Waals surface area (Å²) < 4.78 is 0. The second kappa shape index (κ2) is 3.01. The number of hydrogen-bond donors (Lipinski definition) is 1. The number of rotatable bonds is 2. The molecule has 1 aromatic heterocycles. The van der Waals surface area contributed by atoms with Crippen LogP contribution in [0.1, 0.15) is 19.5 Å². The lowest BCUT2D eigenvalue weighted by molar-refractivity contribution is 0.0799. The van der Waals surface area contributed by atoms with Gasteiger partial charge in [-0.1, -0.05) is 6.07 Å². The van der Waals surface area contributed by atoms with Crippen LogP contribution < -0.4 is 0 Å². The molecule has 1 heterocycles. The number of hydrogen-bond acceptors (Lipinski definition) is 2. The Morgan fingerprint density at radius 2 is 2.18 bits per heavy atom. The molecule has 0 saturated heterocycles. The average Bonchev–Trinajstić information content (AvgIpc) is 1.85. The third-order valence-corrected chi connectivity index (χ3v) is 1.34. The van der Waals surface area contributed by atoms with Gasteiger partial charge in [0, 0.05) is 18.3 Å². The van der Waals surface area contributed by atoms with Crippen LogP contribution in [0.25, 0.3) is 0 Å². The van der Waals surface area contributed by atoms with E-state index in [1.54, 1.807) is 20.0 Å². The fourth-order valence-corrected chi connectivity index (χ4v) is 0.946. The molecule has 11 heavy (non-hydrogen) atoms. The second-order valence-electron chi connectivity index (χ2n) is 3.31. The molecule has 0 aromatic carbocycles. The molecule has 0 spiro atoms. The molecule has 0 aliphatic rings. The summed E-state index contributed by atoms with van der Waals surface area (Å²) in [4.78, 5) is 4.10. The predicted molar refractivity (Wildman–Crippen MR) is 44.2 cm³/mol. The van der Waals surface area contributed by atoms with E-state index in [1.165, 1.54) is 0 Å². The van der Waals surface area contributed by atoms with Gasteiger partial charge >= 0.3 is 0 Å². The van der Waals surface area contributed by atoms with E-state index in [1.807, 2.05) is 18.2 Å². The van der Waals surface area contributed by atoms with Crippen molar-refractivity contribution in [2.45, 2.75) is 25.9 Å². The van der Waals surface area contributed by atoms with Gasteiger partial charge in [0.1, 0.15) is 0 Å². The van der Waals surface area contributed by atoms with Gasteiger partial charge < -0.3 is 5.11 Å². The van der Waals surface area contributed by atoms with Gasteiger partial charge in [0.15, 0.2) is 0 Å². The molecule has 0 radical (unpaired) electrons. The lowest BCUT2D eigenvalue weighted by atomic mass is 10.0. The maximum Gasteiger partial charge on any atom is 0.0647 e. The van der Waals surface area contributed by atoms with E-state index >= 15 is 0 Å². The van der Waals surface area contributed by atoms with Crippen LogP contribution in [0.15, 0.2) is 24.4 Å². The number of nitrogens with zero attached hydrogens (tertiary/aromatic N) is 1. The standard InChI is InChI=1S/C9H13NO/c1-9(2,11)7-8-5-3-4-6-10-8/h3-6,11H,7H2,1-2H3. The predicted octanol–water partition coefficient (Wildman–Crippen LogP) is 1.40. The van der Waals surface area contributed by atoms with Crippen LogP contribution in [-0.2, 0) is 6.42 Å². The molecule has 0 unspecified atom stereocenters. The van der Waals surface area contributed by atoms with E-state index in [0.717, 1.165) is 5.69 Å². The van der Waals surface area contributed by atoms with Crippen LogP contribution in [0, 0.1) is 0 Å². The highest BCUT2D eigenvalue weighted by molar-refractivity contribution is 5.05. The van der Waals surface area contributed by atoms with Crippen LogP contribution in [-0.4, -0.2) is 15.7 Å². The van der Waals surface area contributed by atoms with Crippen molar-refractivity contribution >= 4 is 0 Å². The summed E-state index contributed by atoms with van der Waals surface area (Å²) in [6, 6.07) is 5.71. The summed E-state index contributed by atoms with van der Waals surface area (Å²) >= 11 is 0. The fourth-order valence-electron chi connectivity index (χ4n) is 0.946. The Bertz CT molecular complexity index is 213. The summed E-state index contributed by atoms with van der Waals surface area (Å²) in [7, 11) is 0. The molecule has 0 aliphatic carbocycles. The summed E-state index contributed by atoms with van der Waals surface area (Å²) in [6.45, 7) is 3.56. The Balaban J connectivity index is 2.66. The maximum absolute atomic E-state index is 9.43. The van der Waals surface area contributed by atoms with Crippen molar-refractivity contribution in [2.75, 3.05) is 0 Å². The fraction of sp³-hybridized carbons (Fsp3) is 0.444. The van der Waals surface area contributed by atoms with Crippen molar-refractivity contribution in [1.29, 1.82) is 0 Å². The molecular formula is C9H13NO. The highest BCUT2D eigenvalue weighted by Crippen LogP contribution is 2.08. The minimum Gasteiger partial charge on any atom is -0.390 e. The zero-order valence-electron chi connectivity index (χ0n) is 6.91. The van der Waals surface area contributed by atoms with E-state index in [2.05, 4.69) is 4.98 Å². The highest BCUT2D eigenvalue weighted by atomic mass is 16.3. The van der Waals surface area contributed by atoms with Crippen molar-refractivity contribution in [3.63, 3.8) is 0 Å². The van der Waals surface area contributed by atoms with Gasteiger partial charge in [0.2, 0.25) is 0 Å². The zero-order chi connectivity index (χ0) is 8.32. The van der Waals surface area contributed by atoms with Crippen LogP contribution in [0.5, 0.6) is 0 Å². The first-order valence-electron chi connectivity index (χ1n) is 3.70. The average molecular weight is 151 g/mol. The van der Waals surface area contributed by atoms with Gasteiger partial charge in [0.25, 0.3) is 0 Å². The number of aromatic nitrogens is 1. The van der Waals surface area contributed by atoms with E-state index in [4.69, 9.17) is 0 Å². The molecule has 0 fully saturated rings. The third kappa shape index (κ3) is 3.14. The minimum atomic E-state index is -0.658. The van der Waals surface area contributed by atoms with Crippen LogP contribution in [0.4, 0.5) is 0 Å². The van der Waals surface area contributed by atoms with Crippen molar-refractivity contribution in [1.82, 2.24) is 4.98 Å². The lowest BCUT2D eigenvalue weighted by Crippen LogP contribution is -2.22. The van der Waals surface area contributed by atoms with E-state index in [9.17, 15) is 5.11 Å². The molecule has 2 heteroatoms. The molecule has 1 rings (SSSR count). The molecule has 2 nitrogen and oxygen atoms in total. The molecule has 1 aromatic rings. The summed E-state index contributed by atoms with van der Waals surface area (Å²) in [5, 5.41) is 9.43. The van der Waals surface area contributed by atoms with Crippen molar-refractivity contribution < 1.29 is 5.11 Å². The van der Waals surface area contributed by atoms with Crippen molar-refractivity contribution in [3.8, 4) is 0 Å². The quantitative estimate of drug-likeness (QED) is 0.693. The van der Waals surface area contributed by atoms with Gasteiger partial charge in [-0.05, 0) is 26.0 Å². The SMILES string of the molecule is CC(C)(O)Cc1ccccn1. The van der Waals surface area contributed by atoms with Crippen molar-refractivity contribution in [2.24, 2.45) is 0 Å². The lowest BCUT2D eigenvalue weighted by Gasteiger charge is -2.15. The highest BCUT2D eigenvalue weighted by Gasteiger charge is 2.13. The topological polar surface area (TPSA) is 33.1 Å². The molecule has 0 aliphatic heterocycles. The summed E-state index contributed by atoms with van der Waals surface area (Å²) in [5.74, 6) is 0. The number of aliphatic hydroxyl groups is 1. The third-order valence-electron chi connectivity index (χ3n) is 1.34. The van der Waals surface area contributed by atoms with E-state index < -0.39 is 5.60 Å². The Hall–Kier alpha value is -0.890. The largest absolute Gasteiger partial charge is 0.390 e. The minimum absolute atomic E-state index is 0.605. The molecule has 1 N–H and O–H groups in total. The Morgan fingerprint density at radius 3 is 2.64 bits per heavy atom. The van der Waals surface area contributed by atoms with Gasteiger partial charge in [0.05, 0.1) is 5.60 Å². The molecule has 0 atom stereocenters. The van der Waals surface area contributed by atoms with Gasteiger partial charge in [-0.2, -0.15) is 0 Å². The van der Waals surface area contributed by atoms with Crippen LogP contribution in [0.3, 0.4) is 0 Å². The molecule has 0 saturated carbocycles. The Labute approximate surface area is 66.9 Å². The first-order chi connectivity index (χ1) is 5.08. The van der Waals surface area contributed by atoms with Gasteiger partial charge in [-0.25, -0.2) is 0 Å². The molecule has 60 valence electrons. The maximum atomic E-state index is 9.43. The monoisotopic (exact) mass is 151 g/mol. The molecule has 0 amide bonds. The summed E-state index contributed by atoms with van der Waals surface area (Å²) in [5.41, 5.74) is 0.272. The first kappa shape index (κ1) is 8.21. The second-order valence-corrected chi connectivity index (χ2v) is 3.31. The number of pyridine rings is 1. The van der Waals surface area contributed by atoms with E-state index in [-0.39, 0.29) is 0 Å². The Kier molecular flexibility index (Phi) is 2.25. The van der Waals surface area contributed by atoms with E-state index in [0.29, 0.717) is 6.42 Å². The van der Waals surface area contributed by atoms with Crippen LogP contribution in [0.2, 0.25) is 0 Å². The zero-order valence-corrected chi connectivity index (χ0v) is 6.91. The molecule has 0 bridgehead atoms.